The van der Waals surface area contributed by atoms with E-state index in [1.54, 1.807) is 21.3 Å². The van der Waals surface area contributed by atoms with Crippen molar-refractivity contribution in [2.45, 2.75) is 20.0 Å². The van der Waals surface area contributed by atoms with Crippen LogP contribution in [0, 0.1) is 0 Å². The van der Waals surface area contributed by atoms with Crippen molar-refractivity contribution in [3.63, 3.8) is 0 Å². The van der Waals surface area contributed by atoms with E-state index in [2.05, 4.69) is 10.2 Å². The molecule has 0 unspecified atom stereocenters. The van der Waals surface area contributed by atoms with E-state index in [0.29, 0.717) is 48.3 Å². The number of rotatable bonds is 8. The predicted octanol–water partition coefficient (Wildman–Crippen LogP) is 2.37. The Morgan fingerprint density at radius 3 is 2.29 bits per heavy atom. The molecule has 1 N–H and O–H groups in total. The lowest BCUT2D eigenvalue weighted by molar-refractivity contribution is -0.119. The fourth-order valence-corrected chi connectivity index (χ4v) is 4.51. The van der Waals surface area contributed by atoms with Gasteiger partial charge in [0, 0.05) is 50.1 Å². The number of ether oxygens (including phenoxy) is 3. The SMILES string of the molecule is COc1ccc(CN2CCN(C(=O)c3ccc(CNC(C)=O)s3)CC2)c(OC)c1OC. The van der Waals surface area contributed by atoms with Gasteiger partial charge in [0.1, 0.15) is 0 Å². The molecule has 0 aliphatic carbocycles. The van der Waals surface area contributed by atoms with Crippen LogP contribution in [0.3, 0.4) is 0 Å². The van der Waals surface area contributed by atoms with Crippen molar-refractivity contribution in [2.24, 2.45) is 0 Å². The first-order valence-electron chi connectivity index (χ1n) is 10.1. The molecule has 0 spiro atoms. The van der Waals surface area contributed by atoms with E-state index < -0.39 is 0 Å². The van der Waals surface area contributed by atoms with E-state index in [9.17, 15) is 9.59 Å². The maximum Gasteiger partial charge on any atom is 0.264 e. The van der Waals surface area contributed by atoms with Crippen molar-refractivity contribution in [3.05, 3.63) is 39.6 Å². The molecule has 0 bridgehead atoms. The molecule has 0 saturated carbocycles. The summed E-state index contributed by atoms with van der Waals surface area (Å²) in [4.78, 5) is 29.8. The van der Waals surface area contributed by atoms with Gasteiger partial charge in [-0.1, -0.05) is 6.07 Å². The first kappa shape index (κ1) is 22.9. The molecular formula is C22H29N3O5S. The second kappa shape index (κ2) is 10.5. The van der Waals surface area contributed by atoms with E-state index in [0.717, 1.165) is 23.5 Å². The van der Waals surface area contributed by atoms with Crippen LogP contribution in [0.25, 0.3) is 0 Å². The molecule has 0 atom stereocenters. The summed E-state index contributed by atoms with van der Waals surface area (Å²) in [6.07, 6.45) is 0. The Balaban J connectivity index is 1.59. The van der Waals surface area contributed by atoms with Gasteiger partial charge in [0.25, 0.3) is 5.91 Å². The van der Waals surface area contributed by atoms with E-state index >= 15 is 0 Å². The van der Waals surface area contributed by atoms with E-state index in [4.69, 9.17) is 14.2 Å². The molecule has 1 aromatic carbocycles. The third kappa shape index (κ3) is 5.48. The smallest absolute Gasteiger partial charge is 0.264 e. The molecule has 2 heterocycles. The number of carbonyl (C=O) groups is 2. The molecule has 1 aliphatic heterocycles. The Hall–Kier alpha value is -2.78. The Morgan fingerprint density at radius 1 is 0.968 bits per heavy atom. The molecule has 168 valence electrons. The van der Waals surface area contributed by atoms with Gasteiger partial charge in [-0.2, -0.15) is 0 Å². The highest BCUT2D eigenvalue weighted by molar-refractivity contribution is 7.14. The number of piperazine rings is 1. The average molecular weight is 448 g/mol. The second-order valence-corrected chi connectivity index (χ2v) is 8.41. The average Bonchev–Trinajstić information content (AvgIpc) is 3.26. The number of hydrogen-bond donors (Lipinski definition) is 1. The summed E-state index contributed by atoms with van der Waals surface area (Å²) < 4.78 is 16.4. The van der Waals surface area contributed by atoms with Crippen molar-refractivity contribution in [1.29, 1.82) is 0 Å². The molecule has 1 fully saturated rings. The number of nitrogens with one attached hydrogen (secondary N) is 1. The second-order valence-electron chi connectivity index (χ2n) is 7.24. The van der Waals surface area contributed by atoms with Crippen LogP contribution in [0.5, 0.6) is 17.2 Å². The Kier molecular flexibility index (Phi) is 7.75. The van der Waals surface area contributed by atoms with Crippen molar-refractivity contribution < 1.29 is 23.8 Å². The minimum absolute atomic E-state index is 0.0439. The molecule has 0 radical (unpaired) electrons. The van der Waals surface area contributed by atoms with Crippen LogP contribution in [0.2, 0.25) is 0 Å². The Labute approximate surface area is 186 Å². The van der Waals surface area contributed by atoms with Gasteiger partial charge in [-0.15, -0.1) is 11.3 Å². The molecule has 1 aliphatic rings. The lowest BCUT2D eigenvalue weighted by Gasteiger charge is -2.34. The number of methoxy groups -OCH3 is 3. The lowest BCUT2D eigenvalue weighted by atomic mass is 10.1. The summed E-state index contributed by atoms with van der Waals surface area (Å²) in [5.41, 5.74) is 1.01. The third-order valence-electron chi connectivity index (χ3n) is 5.22. The van der Waals surface area contributed by atoms with Crippen LogP contribution in [0.1, 0.15) is 27.0 Å². The van der Waals surface area contributed by atoms with Crippen LogP contribution >= 0.6 is 11.3 Å². The quantitative estimate of drug-likeness (QED) is 0.669. The zero-order valence-corrected chi connectivity index (χ0v) is 19.2. The third-order valence-corrected chi connectivity index (χ3v) is 6.30. The minimum Gasteiger partial charge on any atom is -0.493 e. The first-order chi connectivity index (χ1) is 15.0. The highest BCUT2D eigenvalue weighted by Gasteiger charge is 2.25. The van der Waals surface area contributed by atoms with Gasteiger partial charge in [-0.05, 0) is 18.2 Å². The molecule has 8 nitrogen and oxygen atoms in total. The van der Waals surface area contributed by atoms with Crippen molar-refractivity contribution >= 4 is 23.2 Å². The molecule has 9 heteroatoms. The van der Waals surface area contributed by atoms with Gasteiger partial charge < -0.3 is 24.4 Å². The Bertz CT molecular complexity index is 922. The van der Waals surface area contributed by atoms with Crippen LogP contribution in [-0.2, 0) is 17.9 Å². The van der Waals surface area contributed by atoms with Gasteiger partial charge in [0.2, 0.25) is 11.7 Å². The summed E-state index contributed by atoms with van der Waals surface area (Å²) in [6, 6.07) is 7.60. The molecule has 2 aromatic rings. The maximum atomic E-state index is 12.9. The molecule has 1 aromatic heterocycles. The fourth-order valence-electron chi connectivity index (χ4n) is 3.59. The maximum absolute atomic E-state index is 12.9. The predicted molar refractivity (Wildman–Crippen MR) is 119 cm³/mol. The van der Waals surface area contributed by atoms with Crippen molar-refractivity contribution in [2.75, 3.05) is 47.5 Å². The Morgan fingerprint density at radius 2 is 1.68 bits per heavy atom. The first-order valence-corrected chi connectivity index (χ1v) is 10.9. The van der Waals surface area contributed by atoms with E-state index in [1.165, 1.54) is 18.3 Å². The summed E-state index contributed by atoms with van der Waals surface area (Å²) in [5.74, 6) is 1.85. The molecule has 3 rings (SSSR count). The van der Waals surface area contributed by atoms with Crippen molar-refractivity contribution in [3.8, 4) is 17.2 Å². The summed E-state index contributed by atoms with van der Waals surface area (Å²) >= 11 is 1.43. The number of carbonyl (C=O) groups excluding carboxylic acids is 2. The highest BCUT2D eigenvalue weighted by Crippen LogP contribution is 2.40. The fraction of sp³-hybridized carbons (Fsp3) is 0.455. The molecule has 2 amide bonds. The van der Waals surface area contributed by atoms with Gasteiger partial charge >= 0.3 is 0 Å². The van der Waals surface area contributed by atoms with Gasteiger partial charge in [-0.25, -0.2) is 0 Å². The normalized spacial score (nSPS) is 14.3. The van der Waals surface area contributed by atoms with Crippen LogP contribution in [0.4, 0.5) is 0 Å². The summed E-state index contributed by atoms with van der Waals surface area (Å²) in [6.45, 7) is 5.50. The zero-order valence-electron chi connectivity index (χ0n) is 18.4. The van der Waals surface area contributed by atoms with E-state index in [1.807, 2.05) is 29.2 Å². The number of hydrogen-bond acceptors (Lipinski definition) is 7. The number of benzene rings is 1. The standard InChI is InChI=1S/C22H29N3O5S/c1-15(26)23-13-17-6-8-19(31-17)22(27)25-11-9-24(10-12-25)14-16-5-7-18(28-2)21(30-4)20(16)29-3/h5-8H,9-14H2,1-4H3,(H,23,26). The molecule has 31 heavy (non-hydrogen) atoms. The number of amides is 2. The highest BCUT2D eigenvalue weighted by atomic mass is 32.1. The van der Waals surface area contributed by atoms with Gasteiger partial charge in [0.05, 0.1) is 32.8 Å². The monoisotopic (exact) mass is 447 g/mol. The number of nitrogens with zero attached hydrogens (tertiary/aromatic N) is 2. The van der Waals surface area contributed by atoms with Crippen LogP contribution in [-0.4, -0.2) is 69.1 Å². The zero-order chi connectivity index (χ0) is 22.4. The van der Waals surface area contributed by atoms with Crippen molar-refractivity contribution in [1.82, 2.24) is 15.1 Å². The van der Waals surface area contributed by atoms with Crippen LogP contribution in [0.15, 0.2) is 24.3 Å². The lowest BCUT2D eigenvalue weighted by Crippen LogP contribution is -2.48. The molecular weight excluding hydrogens is 418 g/mol. The van der Waals surface area contributed by atoms with Gasteiger partial charge in [-0.3, -0.25) is 14.5 Å². The molecule has 1 saturated heterocycles. The minimum atomic E-state index is -0.0801. The van der Waals surface area contributed by atoms with Gasteiger partial charge in [0.15, 0.2) is 11.5 Å². The summed E-state index contributed by atoms with van der Waals surface area (Å²) in [7, 11) is 4.82. The number of thiophene rings is 1. The summed E-state index contributed by atoms with van der Waals surface area (Å²) in [5, 5.41) is 2.76. The largest absolute Gasteiger partial charge is 0.493 e. The van der Waals surface area contributed by atoms with Crippen LogP contribution < -0.4 is 19.5 Å². The van der Waals surface area contributed by atoms with E-state index in [-0.39, 0.29) is 11.8 Å². The topological polar surface area (TPSA) is 80.3 Å².